The monoisotopic (exact) mass is 520 g/mol. The van der Waals surface area contributed by atoms with E-state index in [4.69, 9.17) is 5.26 Å². The van der Waals surface area contributed by atoms with Crippen LogP contribution in [-0.2, 0) is 0 Å². The fourth-order valence-electron chi connectivity index (χ4n) is 4.47. The van der Waals surface area contributed by atoms with Gasteiger partial charge in [-0.05, 0) is 31.2 Å². The van der Waals surface area contributed by atoms with Gasteiger partial charge in [0.25, 0.3) is 0 Å². The highest BCUT2D eigenvalue weighted by atomic mass is 35.5. The predicted molar refractivity (Wildman–Crippen MR) is 141 cm³/mol. The van der Waals surface area contributed by atoms with Crippen molar-refractivity contribution in [1.82, 2.24) is 15.1 Å². The molecular formula is C27H23ClF2N6O. The smallest absolute Gasteiger partial charge is 0.322 e. The standard InChI is InChI=1S/C27H22F2N6O.ClH/c1-17-16-34(12-13-35(17)27(36)31-24-11-10-20(28)14-23(24)29)26-22-5-3-2-4-21(22)25(32-33-26)19-8-6-18(15-30)7-9-19;/h2-11,14,17H,12-13,16H2,1H3,(H,31,36);1H/t17-;/m0./s1. The van der Waals surface area contributed by atoms with Crippen molar-refractivity contribution >= 4 is 40.7 Å². The van der Waals surface area contributed by atoms with Gasteiger partial charge in [0, 0.05) is 48.1 Å². The number of hydrogen-bond donors (Lipinski definition) is 1. The second kappa shape index (κ2) is 10.8. The van der Waals surface area contributed by atoms with E-state index >= 15 is 0 Å². The first-order chi connectivity index (χ1) is 17.4. The van der Waals surface area contributed by atoms with E-state index in [2.05, 4.69) is 26.5 Å². The van der Waals surface area contributed by atoms with Crippen LogP contribution in [-0.4, -0.2) is 46.8 Å². The lowest BCUT2D eigenvalue weighted by atomic mass is 10.0. The summed E-state index contributed by atoms with van der Waals surface area (Å²) in [7, 11) is 0. The van der Waals surface area contributed by atoms with Gasteiger partial charge in [0.15, 0.2) is 5.82 Å². The van der Waals surface area contributed by atoms with Crippen molar-refractivity contribution in [3.05, 3.63) is 83.9 Å². The average Bonchev–Trinajstić information content (AvgIpc) is 2.89. The van der Waals surface area contributed by atoms with E-state index in [-0.39, 0.29) is 24.1 Å². The van der Waals surface area contributed by atoms with Crippen molar-refractivity contribution < 1.29 is 13.6 Å². The number of urea groups is 1. The van der Waals surface area contributed by atoms with Crippen LogP contribution in [0.3, 0.4) is 0 Å². The Morgan fingerprint density at radius 1 is 1.03 bits per heavy atom. The molecule has 0 radical (unpaired) electrons. The van der Waals surface area contributed by atoms with E-state index < -0.39 is 17.7 Å². The number of anilines is 2. The molecule has 0 saturated carbocycles. The summed E-state index contributed by atoms with van der Waals surface area (Å²) in [5.41, 5.74) is 2.11. The van der Waals surface area contributed by atoms with Gasteiger partial charge >= 0.3 is 6.03 Å². The first-order valence-electron chi connectivity index (χ1n) is 11.5. The van der Waals surface area contributed by atoms with E-state index in [0.717, 1.165) is 40.0 Å². The Labute approximate surface area is 218 Å². The maximum Gasteiger partial charge on any atom is 0.322 e. The molecule has 1 aromatic heterocycles. The van der Waals surface area contributed by atoms with Crippen molar-refractivity contribution in [2.45, 2.75) is 13.0 Å². The van der Waals surface area contributed by atoms with Crippen LogP contribution in [0, 0.1) is 23.0 Å². The predicted octanol–water partition coefficient (Wildman–Crippen LogP) is 5.61. The molecule has 0 aliphatic carbocycles. The van der Waals surface area contributed by atoms with Gasteiger partial charge in [-0.1, -0.05) is 36.4 Å². The molecule has 1 aliphatic heterocycles. The first kappa shape index (κ1) is 25.8. The van der Waals surface area contributed by atoms with Crippen molar-refractivity contribution in [1.29, 1.82) is 5.26 Å². The van der Waals surface area contributed by atoms with Crippen LogP contribution in [0.2, 0.25) is 0 Å². The number of nitrogens with one attached hydrogen (secondary N) is 1. The average molecular weight is 521 g/mol. The maximum absolute atomic E-state index is 14.0. The van der Waals surface area contributed by atoms with Crippen LogP contribution in [0.1, 0.15) is 12.5 Å². The summed E-state index contributed by atoms with van der Waals surface area (Å²) in [5, 5.41) is 22.6. The van der Waals surface area contributed by atoms with Gasteiger partial charge in [-0.15, -0.1) is 22.6 Å². The van der Waals surface area contributed by atoms with Crippen LogP contribution in [0.15, 0.2) is 66.7 Å². The summed E-state index contributed by atoms with van der Waals surface area (Å²) in [5.74, 6) is -0.802. The van der Waals surface area contributed by atoms with E-state index in [1.165, 1.54) is 6.07 Å². The van der Waals surface area contributed by atoms with Crippen LogP contribution in [0.4, 0.5) is 25.1 Å². The lowest BCUT2D eigenvalue weighted by molar-refractivity contribution is 0.184. The molecule has 4 aromatic rings. The van der Waals surface area contributed by atoms with Gasteiger partial charge in [-0.25, -0.2) is 13.6 Å². The van der Waals surface area contributed by atoms with Crippen LogP contribution in [0.5, 0.6) is 0 Å². The SMILES string of the molecule is C[C@H]1CN(c2nnc(-c3ccc(C#N)cc3)c3ccccc23)CCN1C(=O)Nc1ccc(F)cc1F.Cl. The highest BCUT2D eigenvalue weighted by molar-refractivity contribution is 6.00. The Bertz CT molecular complexity index is 1490. The van der Waals surface area contributed by atoms with Crippen molar-refractivity contribution in [3.8, 4) is 17.3 Å². The number of rotatable bonds is 3. The third-order valence-electron chi connectivity index (χ3n) is 6.32. The minimum Gasteiger partial charge on any atom is -0.351 e. The molecule has 2 heterocycles. The lowest BCUT2D eigenvalue weighted by Crippen LogP contribution is -2.55. The number of nitrogens with zero attached hydrogens (tertiary/aromatic N) is 5. The van der Waals surface area contributed by atoms with Gasteiger partial charge in [0.05, 0.1) is 17.3 Å². The molecular weight excluding hydrogens is 498 g/mol. The molecule has 1 atom stereocenters. The number of carbonyl (C=O) groups excluding carboxylic acids is 1. The van der Waals surface area contributed by atoms with Crippen molar-refractivity contribution in [3.63, 3.8) is 0 Å². The van der Waals surface area contributed by atoms with Crippen LogP contribution >= 0.6 is 12.4 Å². The summed E-state index contributed by atoms with van der Waals surface area (Å²) in [6.45, 7) is 3.32. The summed E-state index contributed by atoms with van der Waals surface area (Å²) >= 11 is 0. The number of benzene rings is 3. The summed E-state index contributed by atoms with van der Waals surface area (Å²) < 4.78 is 27.2. The Balaban J connectivity index is 0.00000320. The largest absolute Gasteiger partial charge is 0.351 e. The molecule has 1 saturated heterocycles. The minimum atomic E-state index is -0.821. The van der Waals surface area contributed by atoms with Crippen molar-refractivity contribution in [2.24, 2.45) is 0 Å². The lowest BCUT2D eigenvalue weighted by Gasteiger charge is -2.40. The zero-order valence-electron chi connectivity index (χ0n) is 19.9. The highest BCUT2D eigenvalue weighted by Crippen LogP contribution is 2.32. The molecule has 10 heteroatoms. The molecule has 0 bridgehead atoms. The number of amides is 2. The molecule has 188 valence electrons. The molecule has 1 N–H and O–H groups in total. The fraction of sp³-hybridized carbons (Fsp3) is 0.185. The molecule has 2 amide bonds. The van der Waals surface area contributed by atoms with Gasteiger partial charge < -0.3 is 15.1 Å². The topological polar surface area (TPSA) is 85.2 Å². The Hall–Kier alpha value is -4.29. The van der Waals surface area contributed by atoms with Gasteiger partial charge in [-0.2, -0.15) is 5.26 Å². The van der Waals surface area contributed by atoms with Gasteiger partial charge in [-0.3, -0.25) is 0 Å². The molecule has 7 nitrogen and oxygen atoms in total. The number of fused-ring (bicyclic) bond motifs is 1. The zero-order valence-corrected chi connectivity index (χ0v) is 20.7. The highest BCUT2D eigenvalue weighted by Gasteiger charge is 2.30. The van der Waals surface area contributed by atoms with Gasteiger partial charge in [0.2, 0.25) is 0 Å². The second-order valence-electron chi connectivity index (χ2n) is 8.65. The zero-order chi connectivity index (χ0) is 25.2. The Morgan fingerprint density at radius 2 is 1.76 bits per heavy atom. The minimum absolute atomic E-state index is 0. The second-order valence-corrected chi connectivity index (χ2v) is 8.65. The summed E-state index contributed by atoms with van der Waals surface area (Å²) in [6, 6.07) is 19.6. The third-order valence-corrected chi connectivity index (χ3v) is 6.32. The number of nitriles is 1. The Kier molecular flexibility index (Phi) is 7.50. The molecule has 5 rings (SSSR count). The summed E-state index contributed by atoms with van der Waals surface area (Å²) in [6.07, 6.45) is 0. The van der Waals surface area contributed by atoms with Crippen LogP contribution < -0.4 is 10.2 Å². The number of halogens is 3. The first-order valence-corrected chi connectivity index (χ1v) is 11.5. The van der Waals surface area contributed by atoms with E-state index in [9.17, 15) is 13.6 Å². The fourth-order valence-corrected chi connectivity index (χ4v) is 4.47. The molecule has 1 aliphatic rings. The number of aromatic nitrogens is 2. The van der Waals surface area contributed by atoms with Gasteiger partial charge in [0.1, 0.15) is 17.3 Å². The molecule has 37 heavy (non-hydrogen) atoms. The quantitative estimate of drug-likeness (QED) is 0.379. The molecule has 1 fully saturated rings. The van der Waals surface area contributed by atoms with E-state index in [0.29, 0.717) is 25.2 Å². The van der Waals surface area contributed by atoms with Crippen LogP contribution in [0.25, 0.3) is 22.0 Å². The summed E-state index contributed by atoms with van der Waals surface area (Å²) in [4.78, 5) is 16.5. The van der Waals surface area contributed by atoms with E-state index in [1.807, 2.05) is 43.3 Å². The molecule has 3 aromatic carbocycles. The third kappa shape index (κ3) is 5.15. The normalized spacial score (nSPS) is 15.1. The molecule has 0 unspecified atom stereocenters. The molecule has 0 spiro atoms. The number of hydrogen-bond acceptors (Lipinski definition) is 5. The number of carbonyl (C=O) groups is 1. The van der Waals surface area contributed by atoms with E-state index in [1.54, 1.807) is 17.0 Å². The van der Waals surface area contributed by atoms with Crippen molar-refractivity contribution in [2.75, 3.05) is 29.9 Å². The number of piperazine rings is 1. The Morgan fingerprint density at radius 3 is 2.43 bits per heavy atom. The maximum atomic E-state index is 14.0.